The minimum atomic E-state index is 0.784. The minimum Gasteiger partial charge on any atom is -0.397 e. The van der Waals surface area contributed by atoms with Gasteiger partial charge in [-0.2, -0.15) is 0 Å². The predicted octanol–water partition coefficient (Wildman–Crippen LogP) is 3.77. The molecule has 0 spiro atoms. The number of nitrogens with two attached hydrogens (primary N) is 1. The highest BCUT2D eigenvalue weighted by Crippen LogP contribution is 2.40. The van der Waals surface area contributed by atoms with E-state index >= 15 is 0 Å². The highest BCUT2D eigenvalue weighted by atomic mass is 32.2. The third kappa shape index (κ3) is 3.40. The standard InChI is InChI=1S/C9H14N2S2.C2H6/c1-6-5-12-9(8(6)10)13-11(2)7-3-4-7;1-2/h5,7H,3-4,10H2,1-2H3;1-2H3. The van der Waals surface area contributed by atoms with Crippen LogP contribution in [0.1, 0.15) is 32.3 Å². The van der Waals surface area contributed by atoms with Crippen molar-refractivity contribution in [2.75, 3.05) is 12.8 Å². The molecule has 1 fully saturated rings. The van der Waals surface area contributed by atoms with E-state index in [2.05, 4.69) is 23.7 Å². The second-order valence-corrected chi connectivity index (χ2v) is 5.79. The Bertz CT molecular complexity index is 306. The number of hydrogen-bond donors (Lipinski definition) is 1. The van der Waals surface area contributed by atoms with Crippen molar-refractivity contribution in [3.8, 4) is 0 Å². The molecule has 0 radical (unpaired) electrons. The summed E-state index contributed by atoms with van der Waals surface area (Å²) in [5.41, 5.74) is 8.10. The molecule has 0 aromatic carbocycles. The van der Waals surface area contributed by atoms with Crippen LogP contribution in [0.25, 0.3) is 0 Å². The first kappa shape index (κ1) is 12.9. The van der Waals surface area contributed by atoms with Gasteiger partial charge in [0, 0.05) is 6.04 Å². The number of thiophene rings is 1. The molecule has 1 aliphatic rings. The van der Waals surface area contributed by atoms with Gasteiger partial charge in [0.15, 0.2) is 0 Å². The average molecular weight is 244 g/mol. The smallest absolute Gasteiger partial charge is 0.0985 e. The van der Waals surface area contributed by atoms with Gasteiger partial charge < -0.3 is 5.73 Å². The summed E-state index contributed by atoms with van der Waals surface area (Å²) < 4.78 is 3.56. The summed E-state index contributed by atoms with van der Waals surface area (Å²) in [7, 11) is 2.15. The lowest BCUT2D eigenvalue weighted by Crippen LogP contribution is -2.10. The van der Waals surface area contributed by atoms with Crippen LogP contribution in [0.5, 0.6) is 0 Å². The van der Waals surface area contributed by atoms with Gasteiger partial charge in [0.1, 0.15) is 0 Å². The molecule has 4 heteroatoms. The molecule has 0 bridgehead atoms. The zero-order chi connectivity index (χ0) is 11.4. The van der Waals surface area contributed by atoms with Crippen LogP contribution in [0.4, 0.5) is 5.69 Å². The highest BCUT2D eigenvalue weighted by Gasteiger charge is 2.27. The van der Waals surface area contributed by atoms with E-state index in [1.165, 1.54) is 22.6 Å². The van der Waals surface area contributed by atoms with Gasteiger partial charge in [0.05, 0.1) is 9.90 Å². The third-order valence-corrected chi connectivity index (χ3v) is 4.67. The maximum Gasteiger partial charge on any atom is 0.0985 e. The number of rotatable bonds is 3. The number of nitrogens with zero attached hydrogens (tertiary/aromatic N) is 1. The predicted molar refractivity (Wildman–Crippen MR) is 71.5 cm³/mol. The van der Waals surface area contributed by atoms with Gasteiger partial charge in [0.25, 0.3) is 0 Å². The SMILES string of the molecule is CC.Cc1csc(SN(C)C2CC2)c1N. The first-order chi connectivity index (χ1) is 7.18. The van der Waals surface area contributed by atoms with Crippen LogP contribution >= 0.6 is 23.3 Å². The van der Waals surface area contributed by atoms with Crippen LogP contribution < -0.4 is 5.73 Å². The third-order valence-electron chi connectivity index (χ3n) is 2.28. The molecular weight excluding hydrogens is 224 g/mol. The highest BCUT2D eigenvalue weighted by molar-refractivity contribution is 7.99. The molecule has 0 aliphatic heterocycles. The van der Waals surface area contributed by atoms with E-state index in [0.717, 1.165) is 11.7 Å². The Morgan fingerprint density at radius 1 is 1.47 bits per heavy atom. The fourth-order valence-corrected chi connectivity index (χ4v) is 3.39. The molecule has 86 valence electrons. The van der Waals surface area contributed by atoms with Crippen molar-refractivity contribution in [2.45, 2.75) is 43.9 Å². The molecule has 1 aromatic heterocycles. The number of anilines is 1. The molecule has 2 rings (SSSR count). The van der Waals surface area contributed by atoms with Gasteiger partial charge in [-0.25, -0.2) is 4.31 Å². The maximum absolute atomic E-state index is 5.93. The quantitative estimate of drug-likeness (QED) is 0.821. The molecular formula is C11H20N2S2. The Labute approximate surface area is 101 Å². The molecule has 0 saturated heterocycles. The van der Waals surface area contributed by atoms with Crippen LogP contribution in [-0.2, 0) is 0 Å². The van der Waals surface area contributed by atoms with E-state index in [1.807, 2.05) is 13.8 Å². The van der Waals surface area contributed by atoms with Crippen LogP contribution in [0, 0.1) is 6.92 Å². The molecule has 2 N–H and O–H groups in total. The lowest BCUT2D eigenvalue weighted by Gasteiger charge is -2.12. The molecule has 2 nitrogen and oxygen atoms in total. The minimum absolute atomic E-state index is 0.784. The topological polar surface area (TPSA) is 29.3 Å². The number of hydrogen-bond acceptors (Lipinski definition) is 4. The Kier molecular flexibility index (Phi) is 4.96. The molecule has 0 amide bonds. The largest absolute Gasteiger partial charge is 0.397 e. The van der Waals surface area contributed by atoms with Crippen molar-refractivity contribution < 1.29 is 0 Å². The monoisotopic (exact) mass is 244 g/mol. The van der Waals surface area contributed by atoms with E-state index in [1.54, 1.807) is 23.3 Å². The molecule has 1 aliphatic carbocycles. The summed E-state index contributed by atoms with van der Waals surface area (Å²) in [6.07, 6.45) is 2.68. The normalized spacial score (nSPS) is 15.0. The Morgan fingerprint density at radius 2 is 2.07 bits per heavy atom. The lowest BCUT2D eigenvalue weighted by molar-refractivity contribution is 0.560. The van der Waals surface area contributed by atoms with E-state index in [4.69, 9.17) is 5.73 Å². The zero-order valence-electron chi connectivity index (χ0n) is 9.91. The number of nitrogen functional groups attached to an aromatic ring is 1. The van der Waals surface area contributed by atoms with Crippen molar-refractivity contribution in [1.29, 1.82) is 0 Å². The molecule has 0 atom stereocenters. The van der Waals surface area contributed by atoms with Gasteiger partial charge >= 0.3 is 0 Å². The average Bonchev–Trinajstić information content (AvgIpc) is 3.05. The Balaban J connectivity index is 0.000000531. The summed E-state index contributed by atoms with van der Waals surface area (Å²) in [4.78, 5) is 0. The summed E-state index contributed by atoms with van der Waals surface area (Å²) in [6, 6.07) is 0.784. The van der Waals surface area contributed by atoms with Crippen molar-refractivity contribution in [3.05, 3.63) is 10.9 Å². The fraction of sp³-hybridized carbons (Fsp3) is 0.636. The number of aryl methyl sites for hydroxylation is 1. The summed E-state index contributed by atoms with van der Waals surface area (Å²) in [6.45, 7) is 6.06. The first-order valence-electron chi connectivity index (χ1n) is 5.43. The van der Waals surface area contributed by atoms with Crippen molar-refractivity contribution in [1.82, 2.24) is 4.31 Å². The molecule has 15 heavy (non-hydrogen) atoms. The van der Waals surface area contributed by atoms with E-state index < -0.39 is 0 Å². The van der Waals surface area contributed by atoms with Gasteiger partial charge in [-0.05, 0) is 49.7 Å². The summed E-state index contributed by atoms with van der Waals surface area (Å²) in [5, 5.41) is 2.12. The maximum atomic E-state index is 5.93. The molecule has 1 saturated carbocycles. The van der Waals surface area contributed by atoms with E-state index in [0.29, 0.717) is 0 Å². The van der Waals surface area contributed by atoms with E-state index in [9.17, 15) is 0 Å². The van der Waals surface area contributed by atoms with Gasteiger partial charge in [-0.3, -0.25) is 0 Å². The first-order valence-corrected chi connectivity index (χ1v) is 7.08. The van der Waals surface area contributed by atoms with E-state index in [-0.39, 0.29) is 0 Å². The molecule has 1 heterocycles. The van der Waals surface area contributed by atoms with Crippen molar-refractivity contribution >= 4 is 29.0 Å². The van der Waals surface area contributed by atoms with Gasteiger partial charge in [0.2, 0.25) is 0 Å². The summed E-state index contributed by atoms with van der Waals surface area (Å²) in [5.74, 6) is 0. The fourth-order valence-electron chi connectivity index (χ4n) is 1.14. The van der Waals surface area contributed by atoms with Crippen LogP contribution in [0.15, 0.2) is 9.59 Å². The van der Waals surface area contributed by atoms with Crippen molar-refractivity contribution in [2.24, 2.45) is 0 Å². The van der Waals surface area contributed by atoms with Crippen LogP contribution in [-0.4, -0.2) is 17.4 Å². The summed E-state index contributed by atoms with van der Waals surface area (Å²) >= 11 is 3.53. The second-order valence-electron chi connectivity index (χ2n) is 3.49. The Hall–Kier alpha value is -0.190. The van der Waals surface area contributed by atoms with Crippen LogP contribution in [0.3, 0.4) is 0 Å². The second kappa shape index (κ2) is 5.77. The molecule has 0 unspecified atom stereocenters. The van der Waals surface area contributed by atoms with Gasteiger partial charge in [-0.15, -0.1) is 11.3 Å². The van der Waals surface area contributed by atoms with Crippen molar-refractivity contribution in [3.63, 3.8) is 0 Å². The van der Waals surface area contributed by atoms with Crippen LogP contribution in [0.2, 0.25) is 0 Å². The molecule has 1 aromatic rings. The Morgan fingerprint density at radius 3 is 2.47 bits per heavy atom. The zero-order valence-corrected chi connectivity index (χ0v) is 11.5. The lowest BCUT2D eigenvalue weighted by atomic mass is 10.3. The van der Waals surface area contributed by atoms with Gasteiger partial charge in [-0.1, -0.05) is 13.8 Å².